The van der Waals surface area contributed by atoms with Crippen LogP contribution < -0.4 is 4.90 Å². The van der Waals surface area contributed by atoms with Crippen LogP contribution in [0.15, 0.2) is 18.2 Å². The van der Waals surface area contributed by atoms with Crippen molar-refractivity contribution < 1.29 is 24.0 Å². The molecule has 2 fully saturated rings. The number of amides is 1. The van der Waals surface area contributed by atoms with Crippen molar-refractivity contribution in [1.29, 1.82) is 0 Å². The number of carbonyl (C=O) groups is 2. The highest BCUT2D eigenvalue weighted by Crippen LogP contribution is 2.45. The molecule has 0 unspecified atom stereocenters. The molecule has 9 heteroatoms. The molecule has 2 aliphatic rings. The second-order valence-electron chi connectivity index (χ2n) is 8.85. The van der Waals surface area contributed by atoms with Gasteiger partial charge >= 0.3 is 12.1 Å². The minimum atomic E-state index is -0.627. The molecule has 0 spiro atoms. The summed E-state index contributed by atoms with van der Waals surface area (Å²) < 4.78 is 10.7. The van der Waals surface area contributed by atoms with Crippen molar-refractivity contribution in [2.24, 2.45) is 0 Å². The first kappa shape index (κ1) is 21.9. The van der Waals surface area contributed by atoms with Crippen molar-refractivity contribution in [1.82, 2.24) is 4.90 Å². The Hall–Kier alpha value is -2.84. The molecule has 30 heavy (non-hydrogen) atoms. The van der Waals surface area contributed by atoms with E-state index in [1.165, 1.54) is 6.92 Å². The molecule has 3 rings (SSSR count). The van der Waals surface area contributed by atoms with Gasteiger partial charge in [0.1, 0.15) is 12.2 Å². The zero-order valence-corrected chi connectivity index (χ0v) is 17.9. The number of carbonyl (C=O) groups excluding carboxylic acids is 2. The maximum atomic E-state index is 12.7. The molecule has 1 aromatic rings. The number of esters is 1. The van der Waals surface area contributed by atoms with Crippen molar-refractivity contribution in [3.63, 3.8) is 0 Å². The standard InChI is InChI=1S/C21H29N3O6/c1-14(25)29-13-17-12-22(9-10-23(17)20(26)30-21(2,3)4)16-7-8-19(24(27)28)18(11-16)15-5-6-15/h7-8,11,15,17H,5-6,9-10,12-13H2,1-4H3/t17-/m1/s1. The van der Waals surface area contributed by atoms with Gasteiger partial charge in [0, 0.05) is 43.9 Å². The zero-order chi connectivity index (χ0) is 22.1. The van der Waals surface area contributed by atoms with Crippen LogP contribution in [-0.2, 0) is 14.3 Å². The molecule has 1 aliphatic heterocycles. The highest BCUT2D eigenvalue weighted by Gasteiger charge is 2.36. The fourth-order valence-electron chi connectivity index (χ4n) is 3.63. The topological polar surface area (TPSA) is 102 Å². The van der Waals surface area contributed by atoms with Gasteiger partial charge in [0.25, 0.3) is 5.69 Å². The largest absolute Gasteiger partial charge is 0.464 e. The Morgan fingerprint density at radius 2 is 1.93 bits per heavy atom. The summed E-state index contributed by atoms with van der Waals surface area (Å²) in [5.74, 6) is -0.173. The van der Waals surface area contributed by atoms with Crippen molar-refractivity contribution in [2.75, 3.05) is 31.1 Å². The normalized spacial score (nSPS) is 19.4. The fourth-order valence-corrected chi connectivity index (χ4v) is 3.63. The predicted octanol–water partition coefficient (Wildman–Crippen LogP) is 3.46. The smallest absolute Gasteiger partial charge is 0.410 e. The summed E-state index contributed by atoms with van der Waals surface area (Å²) in [6, 6.07) is 4.82. The minimum Gasteiger partial charge on any atom is -0.464 e. The van der Waals surface area contributed by atoms with E-state index in [0.29, 0.717) is 19.6 Å². The highest BCUT2D eigenvalue weighted by molar-refractivity contribution is 5.70. The third-order valence-electron chi connectivity index (χ3n) is 5.18. The van der Waals surface area contributed by atoms with Crippen LogP contribution in [0, 0.1) is 10.1 Å². The summed E-state index contributed by atoms with van der Waals surface area (Å²) in [7, 11) is 0. The third-order valence-corrected chi connectivity index (χ3v) is 5.18. The molecule has 0 bridgehead atoms. The van der Waals surface area contributed by atoms with Gasteiger partial charge < -0.3 is 14.4 Å². The Kier molecular flexibility index (Phi) is 6.19. The number of anilines is 1. The van der Waals surface area contributed by atoms with Gasteiger partial charge in [0.05, 0.1) is 11.0 Å². The highest BCUT2D eigenvalue weighted by atomic mass is 16.6. The molecule has 1 amide bonds. The molecule has 1 saturated carbocycles. The van der Waals surface area contributed by atoms with E-state index in [9.17, 15) is 19.7 Å². The molecule has 1 aromatic carbocycles. The van der Waals surface area contributed by atoms with Gasteiger partial charge in [-0.3, -0.25) is 19.8 Å². The number of nitrogens with zero attached hydrogens (tertiary/aromatic N) is 3. The van der Waals surface area contributed by atoms with Crippen LogP contribution in [0.2, 0.25) is 0 Å². The summed E-state index contributed by atoms with van der Waals surface area (Å²) in [6.45, 7) is 8.20. The number of piperazine rings is 1. The van der Waals surface area contributed by atoms with Crippen molar-refractivity contribution in [3.05, 3.63) is 33.9 Å². The molecular formula is C21H29N3O6. The van der Waals surface area contributed by atoms with E-state index in [1.54, 1.807) is 37.8 Å². The lowest BCUT2D eigenvalue weighted by atomic mass is 10.1. The molecule has 1 aliphatic carbocycles. The number of nitro benzene ring substituents is 1. The molecule has 1 atom stereocenters. The van der Waals surface area contributed by atoms with Crippen LogP contribution in [0.4, 0.5) is 16.2 Å². The molecule has 164 valence electrons. The Labute approximate surface area is 176 Å². The molecule has 1 saturated heterocycles. The number of rotatable bonds is 5. The van der Waals surface area contributed by atoms with Crippen LogP contribution in [0.5, 0.6) is 0 Å². The monoisotopic (exact) mass is 419 g/mol. The van der Waals surface area contributed by atoms with Crippen LogP contribution in [0.1, 0.15) is 52.0 Å². The Bertz CT molecular complexity index is 831. The molecule has 0 aromatic heterocycles. The van der Waals surface area contributed by atoms with Crippen LogP contribution in [0.3, 0.4) is 0 Å². The van der Waals surface area contributed by atoms with E-state index in [4.69, 9.17) is 9.47 Å². The van der Waals surface area contributed by atoms with Gasteiger partial charge in [-0.25, -0.2) is 4.79 Å². The first-order valence-corrected chi connectivity index (χ1v) is 10.2. The Morgan fingerprint density at radius 1 is 1.23 bits per heavy atom. The fraction of sp³-hybridized carbons (Fsp3) is 0.619. The van der Waals surface area contributed by atoms with Gasteiger partial charge in [0.15, 0.2) is 0 Å². The van der Waals surface area contributed by atoms with Gasteiger partial charge in [-0.1, -0.05) is 0 Å². The van der Waals surface area contributed by atoms with E-state index >= 15 is 0 Å². The average Bonchev–Trinajstić information content (AvgIpc) is 3.49. The van der Waals surface area contributed by atoms with Crippen molar-refractivity contribution in [2.45, 2.75) is 58.1 Å². The summed E-state index contributed by atoms with van der Waals surface area (Å²) in [5.41, 5.74) is 1.17. The summed E-state index contributed by atoms with van der Waals surface area (Å²) in [4.78, 5) is 38.7. The SMILES string of the molecule is CC(=O)OC[C@H]1CN(c2ccc([N+](=O)[O-])c(C3CC3)c2)CCN1C(=O)OC(C)(C)C. The van der Waals surface area contributed by atoms with E-state index in [2.05, 4.69) is 4.90 Å². The number of hydrogen-bond donors (Lipinski definition) is 0. The lowest BCUT2D eigenvalue weighted by molar-refractivity contribution is -0.385. The van der Waals surface area contributed by atoms with E-state index in [-0.39, 0.29) is 29.2 Å². The summed E-state index contributed by atoms with van der Waals surface area (Å²) in [5, 5.41) is 11.4. The van der Waals surface area contributed by atoms with Gasteiger partial charge in [-0.2, -0.15) is 0 Å². The average molecular weight is 419 g/mol. The lowest BCUT2D eigenvalue weighted by Gasteiger charge is -2.42. The molecular weight excluding hydrogens is 390 g/mol. The third kappa shape index (κ3) is 5.40. The van der Waals surface area contributed by atoms with Crippen LogP contribution in [0.25, 0.3) is 0 Å². The number of nitro groups is 1. The van der Waals surface area contributed by atoms with Gasteiger partial charge in [0.2, 0.25) is 0 Å². The Morgan fingerprint density at radius 3 is 2.50 bits per heavy atom. The first-order chi connectivity index (χ1) is 14.0. The van der Waals surface area contributed by atoms with Crippen LogP contribution >= 0.6 is 0 Å². The minimum absolute atomic E-state index is 0.0630. The predicted molar refractivity (Wildman–Crippen MR) is 111 cm³/mol. The number of hydrogen-bond acceptors (Lipinski definition) is 7. The van der Waals surface area contributed by atoms with Gasteiger partial charge in [-0.15, -0.1) is 0 Å². The van der Waals surface area contributed by atoms with Crippen molar-refractivity contribution >= 4 is 23.4 Å². The lowest BCUT2D eigenvalue weighted by Crippen LogP contribution is -2.58. The van der Waals surface area contributed by atoms with Crippen LogP contribution in [-0.4, -0.2) is 59.8 Å². The molecule has 9 nitrogen and oxygen atoms in total. The van der Waals surface area contributed by atoms with Gasteiger partial charge in [-0.05, 0) is 51.7 Å². The number of ether oxygens (including phenoxy) is 2. The number of benzene rings is 1. The second-order valence-corrected chi connectivity index (χ2v) is 8.85. The van der Waals surface area contributed by atoms with E-state index in [1.807, 2.05) is 6.07 Å². The summed E-state index contributed by atoms with van der Waals surface area (Å²) in [6.07, 6.45) is 1.49. The maximum absolute atomic E-state index is 12.7. The molecule has 0 N–H and O–H groups in total. The maximum Gasteiger partial charge on any atom is 0.410 e. The van der Waals surface area contributed by atoms with E-state index in [0.717, 1.165) is 24.1 Å². The summed E-state index contributed by atoms with van der Waals surface area (Å²) >= 11 is 0. The quantitative estimate of drug-likeness (QED) is 0.409. The Balaban J connectivity index is 1.79. The molecule has 1 heterocycles. The second kappa shape index (κ2) is 8.49. The van der Waals surface area contributed by atoms with Crippen molar-refractivity contribution in [3.8, 4) is 0 Å². The molecule has 0 radical (unpaired) electrons. The van der Waals surface area contributed by atoms with E-state index < -0.39 is 17.7 Å². The zero-order valence-electron chi connectivity index (χ0n) is 17.9. The first-order valence-electron chi connectivity index (χ1n) is 10.2.